The minimum Gasteiger partial charge on any atom is -0.493 e. The van der Waals surface area contributed by atoms with Crippen molar-refractivity contribution in [3.63, 3.8) is 0 Å². The molecule has 2 rings (SSSR count). The molecule has 1 aromatic heterocycles. The molecule has 2 aromatic rings. The fourth-order valence-corrected chi connectivity index (χ4v) is 3.39. The van der Waals surface area contributed by atoms with Gasteiger partial charge in [0.25, 0.3) is 0 Å². The van der Waals surface area contributed by atoms with E-state index in [-0.39, 0.29) is 35.5 Å². The first kappa shape index (κ1) is 24.4. The smallest absolute Gasteiger partial charge is 0.387 e. The second kappa shape index (κ2) is 12.8. The molecule has 0 unspecified atom stereocenters. The lowest BCUT2D eigenvalue weighted by atomic mass is 10.1. The molecule has 5 nitrogen and oxygen atoms in total. The average Bonchev–Trinajstić information content (AvgIpc) is 3.12. The lowest BCUT2D eigenvalue weighted by Crippen LogP contribution is -2.37. The van der Waals surface area contributed by atoms with Crippen LogP contribution in [0.3, 0.4) is 0 Å². The quantitative estimate of drug-likeness (QED) is 0.289. The van der Waals surface area contributed by atoms with Gasteiger partial charge in [0.15, 0.2) is 17.5 Å². The summed E-state index contributed by atoms with van der Waals surface area (Å²) in [6, 6.07) is 9.28. The number of aliphatic imine (C=N–C) groups is 1. The van der Waals surface area contributed by atoms with Crippen LogP contribution in [0.2, 0.25) is 0 Å². The zero-order chi connectivity index (χ0) is 19.6. The van der Waals surface area contributed by atoms with Crippen LogP contribution in [0.1, 0.15) is 22.2 Å². The Morgan fingerprint density at radius 3 is 2.50 bits per heavy atom. The number of ether oxygens (including phenoxy) is 2. The molecule has 0 fully saturated rings. The summed E-state index contributed by atoms with van der Waals surface area (Å²) < 4.78 is 34.6. The topological polar surface area (TPSA) is 54.9 Å². The van der Waals surface area contributed by atoms with Crippen molar-refractivity contribution in [1.29, 1.82) is 0 Å². The minimum atomic E-state index is -2.89. The molecule has 0 spiro atoms. The van der Waals surface area contributed by atoms with E-state index in [2.05, 4.69) is 39.4 Å². The lowest BCUT2D eigenvalue weighted by Gasteiger charge is -2.13. The van der Waals surface area contributed by atoms with E-state index in [0.717, 1.165) is 12.0 Å². The van der Waals surface area contributed by atoms with E-state index in [1.54, 1.807) is 30.5 Å². The average molecular weight is 525 g/mol. The van der Waals surface area contributed by atoms with E-state index in [9.17, 15) is 8.78 Å². The predicted molar refractivity (Wildman–Crippen MR) is 121 cm³/mol. The highest BCUT2D eigenvalue weighted by Gasteiger charge is 2.11. The van der Waals surface area contributed by atoms with Crippen LogP contribution in [0.15, 0.2) is 35.3 Å². The van der Waals surface area contributed by atoms with Crippen LogP contribution < -0.4 is 20.1 Å². The second-order valence-corrected chi connectivity index (χ2v) is 6.94. The first-order chi connectivity index (χ1) is 13.0. The summed E-state index contributed by atoms with van der Waals surface area (Å²) in [5.74, 6) is 1.02. The number of hydrogen-bond acceptors (Lipinski definition) is 4. The van der Waals surface area contributed by atoms with Crippen molar-refractivity contribution in [2.45, 2.75) is 32.9 Å². The van der Waals surface area contributed by atoms with Crippen molar-refractivity contribution in [3.8, 4) is 11.5 Å². The van der Waals surface area contributed by atoms with E-state index in [1.807, 2.05) is 6.07 Å². The first-order valence-electron chi connectivity index (χ1n) is 8.69. The van der Waals surface area contributed by atoms with Gasteiger partial charge in [-0.05, 0) is 42.7 Å². The number of rotatable bonds is 9. The Morgan fingerprint density at radius 2 is 1.89 bits per heavy atom. The van der Waals surface area contributed by atoms with E-state index in [1.165, 1.54) is 16.9 Å². The van der Waals surface area contributed by atoms with Gasteiger partial charge in [0.2, 0.25) is 0 Å². The van der Waals surface area contributed by atoms with Crippen molar-refractivity contribution in [2.24, 2.45) is 4.99 Å². The Hall–Kier alpha value is -1.62. The second-order valence-electron chi connectivity index (χ2n) is 5.69. The number of nitrogens with zero attached hydrogens (tertiary/aromatic N) is 1. The van der Waals surface area contributed by atoms with Crippen LogP contribution >= 0.6 is 35.3 Å². The van der Waals surface area contributed by atoms with Crippen LogP contribution in [-0.2, 0) is 19.4 Å². The van der Waals surface area contributed by atoms with Crippen molar-refractivity contribution in [3.05, 3.63) is 45.6 Å². The van der Waals surface area contributed by atoms with Crippen LogP contribution in [0.5, 0.6) is 11.5 Å². The zero-order valence-corrected chi connectivity index (χ0v) is 19.3. The third-order valence-electron chi connectivity index (χ3n) is 3.87. The van der Waals surface area contributed by atoms with Crippen molar-refractivity contribution < 1.29 is 18.3 Å². The van der Waals surface area contributed by atoms with Crippen LogP contribution in [0.4, 0.5) is 8.78 Å². The molecule has 0 bridgehead atoms. The highest BCUT2D eigenvalue weighted by Crippen LogP contribution is 2.29. The minimum absolute atomic E-state index is 0. The number of aryl methyl sites for hydroxylation is 1. The van der Waals surface area contributed by atoms with Gasteiger partial charge in [-0.2, -0.15) is 8.78 Å². The summed E-state index contributed by atoms with van der Waals surface area (Å²) in [4.78, 5) is 6.81. The lowest BCUT2D eigenvalue weighted by molar-refractivity contribution is -0.0512. The van der Waals surface area contributed by atoms with E-state index >= 15 is 0 Å². The van der Waals surface area contributed by atoms with Gasteiger partial charge in [-0.1, -0.05) is 13.0 Å². The van der Waals surface area contributed by atoms with Crippen LogP contribution in [0, 0.1) is 0 Å². The highest BCUT2D eigenvalue weighted by atomic mass is 127. The monoisotopic (exact) mass is 525 g/mol. The summed E-state index contributed by atoms with van der Waals surface area (Å²) in [5, 5.41) is 6.49. The molecule has 0 amide bonds. The van der Waals surface area contributed by atoms with Crippen molar-refractivity contribution in [2.75, 3.05) is 20.7 Å². The molecule has 0 atom stereocenters. The van der Waals surface area contributed by atoms with Gasteiger partial charge in [0.05, 0.1) is 13.7 Å². The van der Waals surface area contributed by atoms with E-state index < -0.39 is 6.61 Å². The number of thiophene rings is 1. The molecule has 0 aliphatic heterocycles. The van der Waals surface area contributed by atoms with Crippen LogP contribution in [-0.4, -0.2) is 33.3 Å². The number of nitrogens with one attached hydrogen (secondary N) is 2. The Morgan fingerprint density at radius 1 is 1.14 bits per heavy atom. The molecule has 0 saturated carbocycles. The van der Waals surface area contributed by atoms with E-state index in [0.29, 0.717) is 25.5 Å². The van der Waals surface area contributed by atoms with E-state index in [4.69, 9.17) is 4.74 Å². The predicted octanol–water partition coefficient (Wildman–Crippen LogP) is 4.45. The molecule has 0 aliphatic rings. The number of halogens is 3. The van der Waals surface area contributed by atoms with Gasteiger partial charge in [0.1, 0.15) is 0 Å². The van der Waals surface area contributed by atoms with Crippen molar-refractivity contribution in [1.82, 2.24) is 10.6 Å². The molecule has 1 heterocycles. The zero-order valence-electron chi connectivity index (χ0n) is 16.1. The third kappa shape index (κ3) is 7.78. The first-order valence-corrected chi connectivity index (χ1v) is 9.51. The molecule has 0 aliphatic carbocycles. The molecular weight excluding hydrogens is 499 g/mol. The molecule has 156 valence electrons. The molecule has 9 heteroatoms. The molecule has 0 radical (unpaired) electrons. The maximum Gasteiger partial charge on any atom is 0.387 e. The Balaban J connectivity index is 0.00000392. The summed E-state index contributed by atoms with van der Waals surface area (Å²) in [6.07, 6.45) is 1.67. The maximum absolute atomic E-state index is 12.5. The van der Waals surface area contributed by atoms with Gasteiger partial charge in [-0.15, -0.1) is 35.3 Å². The molecular formula is C19H26F2IN3O2S. The van der Waals surface area contributed by atoms with Crippen molar-refractivity contribution >= 4 is 41.3 Å². The summed E-state index contributed by atoms with van der Waals surface area (Å²) in [6.45, 7) is 0.561. The Labute approximate surface area is 185 Å². The Bertz CT molecular complexity index is 757. The third-order valence-corrected chi connectivity index (χ3v) is 5.10. The number of benzene rings is 1. The number of hydrogen-bond donors (Lipinski definition) is 2. The number of guanidine groups is 1. The van der Waals surface area contributed by atoms with Gasteiger partial charge in [0, 0.05) is 23.3 Å². The maximum atomic E-state index is 12.5. The standard InChI is InChI=1S/C19H25F2N3O2S.HI/c1-4-14-6-7-15(27-14)12-24-19(22-2)23-10-9-13-5-8-16(25-3)17(11-13)26-18(20)21;/h5-8,11,18H,4,9-10,12H2,1-3H3,(H2,22,23,24);1H. The number of methoxy groups -OCH3 is 1. The van der Waals surface area contributed by atoms with Crippen LogP contribution in [0.25, 0.3) is 0 Å². The van der Waals surface area contributed by atoms with Gasteiger partial charge < -0.3 is 20.1 Å². The van der Waals surface area contributed by atoms with Gasteiger partial charge >= 0.3 is 6.61 Å². The molecule has 28 heavy (non-hydrogen) atoms. The van der Waals surface area contributed by atoms with Gasteiger partial charge in [-0.3, -0.25) is 4.99 Å². The largest absolute Gasteiger partial charge is 0.493 e. The molecule has 0 saturated heterocycles. The number of alkyl halides is 2. The summed E-state index contributed by atoms with van der Waals surface area (Å²) in [7, 11) is 3.13. The molecule has 2 N–H and O–H groups in total. The summed E-state index contributed by atoms with van der Waals surface area (Å²) >= 11 is 1.78. The summed E-state index contributed by atoms with van der Waals surface area (Å²) in [5.41, 5.74) is 0.861. The Kier molecular flexibility index (Phi) is 11.1. The fraction of sp³-hybridized carbons (Fsp3) is 0.421. The normalized spacial score (nSPS) is 11.1. The highest BCUT2D eigenvalue weighted by molar-refractivity contribution is 14.0. The molecule has 1 aromatic carbocycles. The fourth-order valence-electron chi connectivity index (χ4n) is 2.49. The van der Waals surface area contributed by atoms with Gasteiger partial charge in [-0.25, -0.2) is 0 Å². The SMILES string of the molecule is CCc1ccc(CNC(=NC)NCCc2ccc(OC)c(OC(F)F)c2)s1.I.